The smallest absolute Gasteiger partial charge is 0.342 e. The number of rotatable bonds is 7. The summed E-state index contributed by atoms with van der Waals surface area (Å²) in [6.07, 6.45) is 2.47. The first-order valence-corrected chi connectivity index (χ1v) is 11.1. The highest BCUT2D eigenvalue weighted by atomic mass is 127. The van der Waals surface area contributed by atoms with Crippen molar-refractivity contribution in [2.24, 2.45) is 0 Å². The summed E-state index contributed by atoms with van der Waals surface area (Å²) < 4.78 is 14.2. The summed E-state index contributed by atoms with van der Waals surface area (Å²) in [5, 5.41) is 9.31. The zero-order valence-electron chi connectivity index (χ0n) is 16.8. The fourth-order valence-corrected chi connectivity index (χ4v) is 4.21. The van der Waals surface area contributed by atoms with E-state index < -0.39 is 11.9 Å². The Bertz CT molecular complexity index is 1160. The molecule has 0 spiro atoms. The van der Waals surface area contributed by atoms with Gasteiger partial charge in [0.15, 0.2) is 0 Å². The van der Waals surface area contributed by atoms with Crippen molar-refractivity contribution in [2.75, 3.05) is 6.61 Å². The van der Waals surface area contributed by atoms with E-state index in [4.69, 9.17) is 9.47 Å². The van der Waals surface area contributed by atoms with Gasteiger partial charge in [-0.1, -0.05) is 42.5 Å². The summed E-state index contributed by atoms with van der Waals surface area (Å²) in [5.41, 5.74) is 1.70. The number of benzene rings is 2. The number of aliphatic hydroxyl groups is 1. The van der Waals surface area contributed by atoms with E-state index >= 15 is 0 Å². The van der Waals surface area contributed by atoms with Crippen molar-refractivity contribution >= 4 is 22.9 Å². The molecule has 0 unspecified atom stereocenters. The lowest BCUT2D eigenvalue weighted by Gasteiger charge is -2.17. The number of ether oxygens (including phenoxy) is 2. The fraction of sp³-hybridized carbons (Fsp3) is 0.304. The molecule has 1 aliphatic rings. The quantitative estimate of drug-likeness (QED) is 0.472. The van der Waals surface area contributed by atoms with Gasteiger partial charge in [0.05, 0.1) is 35.6 Å². The van der Waals surface area contributed by atoms with Gasteiger partial charge < -0.3 is 14.6 Å². The number of halogens is 1. The molecule has 2 atom stereocenters. The number of hydrogen-bond donors (Lipinski definition) is 1. The van der Waals surface area contributed by atoms with Crippen LogP contribution in [0.2, 0.25) is 0 Å². The summed E-state index contributed by atoms with van der Waals surface area (Å²) in [6, 6.07) is 17.5. The summed E-state index contributed by atoms with van der Waals surface area (Å²) >= 11 is 1.73. The predicted molar refractivity (Wildman–Crippen MR) is 125 cm³/mol. The van der Waals surface area contributed by atoms with Crippen molar-refractivity contribution < 1.29 is 14.6 Å². The molecule has 2 heterocycles. The van der Waals surface area contributed by atoms with Gasteiger partial charge in [-0.3, -0.25) is 9.36 Å². The minimum Gasteiger partial charge on any atom is -0.489 e. The molecule has 8 heteroatoms. The zero-order chi connectivity index (χ0) is 21.8. The SMILES string of the molecule is O=c1c(Cc2cccc(OCc3ccccc3)c2)cn([C@H]2CC[C@@H](CO)O2)c(=O)n1I. The molecule has 3 aromatic rings. The molecule has 1 aliphatic heterocycles. The molecule has 0 radical (unpaired) electrons. The Balaban J connectivity index is 1.55. The molecule has 31 heavy (non-hydrogen) atoms. The Hall–Kier alpha value is -2.43. The van der Waals surface area contributed by atoms with Crippen LogP contribution in [0.1, 0.15) is 35.8 Å². The first-order valence-electron chi connectivity index (χ1n) is 10.1. The average Bonchev–Trinajstić information content (AvgIpc) is 3.28. The normalized spacial score (nSPS) is 18.3. The van der Waals surface area contributed by atoms with E-state index in [1.807, 2.05) is 54.6 Å². The fourth-order valence-electron chi connectivity index (χ4n) is 3.65. The standard InChI is InChI=1S/C23H23IN2O5/c24-26-22(28)18(13-25(23(26)29)21-10-9-20(14-27)31-21)11-17-7-4-8-19(12-17)30-15-16-5-2-1-3-6-16/h1-8,12-13,20-21,27H,9-11,14-15H2/t20-,21+/m0/s1. The van der Waals surface area contributed by atoms with Gasteiger partial charge in [-0.2, -0.15) is 2.78 Å². The highest BCUT2D eigenvalue weighted by Gasteiger charge is 2.28. The monoisotopic (exact) mass is 534 g/mol. The van der Waals surface area contributed by atoms with E-state index in [-0.39, 0.29) is 18.3 Å². The second-order valence-electron chi connectivity index (χ2n) is 7.50. The van der Waals surface area contributed by atoms with E-state index in [1.54, 1.807) is 29.1 Å². The molecule has 0 aliphatic carbocycles. The number of hydrogen-bond acceptors (Lipinski definition) is 5. The highest BCUT2D eigenvalue weighted by Crippen LogP contribution is 2.27. The van der Waals surface area contributed by atoms with Gasteiger partial charge in [0.2, 0.25) is 0 Å². The van der Waals surface area contributed by atoms with Gasteiger partial charge in [0.25, 0.3) is 5.56 Å². The lowest BCUT2D eigenvalue weighted by atomic mass is 10.1. The summed E-state index contributed by atoms with van der Waals surface area (Å²) in [6.45, 7) is 0.374. The maximum atomic E-state index is 12.7. The van der Waals surface area contributed by atoms with Crippen molar-refractivity contribution in [2.45, 2.75) is 38.2 Å². The maximum absolute atomic E-state index is 12.7. The largest absolute Gasteiger partial charge is 0.489 e. The van der Waals surface area contributed by atoms with Crippen molar-refractivity contribution in [1.82, 2.24) is 7.35 Å². The van der Waals surface area contributed by atoms with Crippen LogP contribution < -0.4 is 16.0 Å². The summed E-state index contributed by atoms with van der Waals surface area (Å²) in [5.74, 6) is 0.717. The van der Waals surface area contributed by atoms with Gasteiger partial charge in [-0.05, 0) is 36.1 Å². The average molecular weight is 534 g/mol. The van der Waals surface area contributed by atoms with Gasteiger partial charge in [0.1, 0.15) is 18.6 Å². The number of aliphatic hydroxyl groups excluding tert-OH is 1. The third-order valence-corrected chi connectivity index (χ3v) is 6.13. The molecule has 1 N–H and O–H groups in total. The van der Waals surface area contributed by atoms with Crippen LogP contribution >= 0.6 is 22.9 Å². The first-order chi connectivity index (χ1) is 15.0. The van der Waals surface area contributed by atoms with Gasteiger partial charge >= 0.3 is 5.69 Å². The lowest BCUT2D eigenvalue weighted by Crippen LogP contribution is -2.38. The third-order valence-electron chi connectivity index (χ3n) is 5.28. The molecule has 162 valence electrons. The van der Waals surface area contributed by atoms with Crippen molar-refractivity contribution in [1.29, 1.82) is 0 Å². The van der Waals surface area contributed by atoms with E-state index in [0.29, 0.717) is 31.4 Å². The molecule has 0 amide bonds. The summed E-state index contributed by atoms with van der Waals surface area (Å²) in [7, 11) is 0. The minimum absolute atomic E-state index is 0.0856. The Labute approximate surface area is 193 Å². The van der Waals surface area contributed by atoms with Crippen LogP contribution in [-0.4, -0.2) is 25.2 Å². The second kappa shape index (κ2) is 9.80. The summed E-state index contributed by atoms with van der Waals surface area (Å²) in [4.78, 5) is 25.3. The second-order valence-corrected chi connectivity index (χ2v) is 8.47. The van der Waals surface area contributed by atoms with Crippen LogP contribution in [-0.2, 0) is 17.8 Å². The van der Waals surface area contributed by atoms with Gasteiger partial charge in [-0.15, -0.1) is 0 Å². The molecule has 0 saturated carbocycles. The number of nitrogens with zero attached hydrogens (tertiary/aromatic N) is 2. The molecule has 1 saturated heterocycles. The van der Waals surface area contributed by atoms with Crippen molar-refractivity contribution in [3.05, 3.63) is 98.3 Å². The Morgan fingerprint density at radius 3 is 2.58 bits per heavy atom. The minimum atomic E-state index is -0.481. The highest BCUT2D eigenvalue weighted by molar-refractivity contribution is 14.1. The van der Waals surface area contributed by atoms with Gasteiger partial charge in [-0.25, -0.2) is 4.79 Å². The molecule has 1 aromatic heterocycles. The van der Waals surface area contributed by atoms with E-state index in [1.165, 1.54) is 4.57 Å². The van der Waals surface area contributed by atoms with Crippen LogP contribution in [0.15, 0.2) is 70.4 Å². The maximum Gasteiger partial charge on any atom is 0.342 e. The topological polar surface area (TPSA) is 82.7 Å². The van der Waals surface area contributed by atoms with Crippen LogP contribution in [0.5, 0.6) is 5.75 Å². The predicted octanol–water partition coefficient (Wildman–Crippen LogP) is 3.05. The number of aromatic nitrogens is 2. The van der Waals surface area contributed by atoms with Crippen molar-refractivity contribution in [3.8, 4) is 5.75 Å². The van der Waals surface area contributed by atoms with E-state index in [2.05, 4.69) is 0 Å². The lowest BCUT2D eigenvalue weighted by molar-refractivity contribution is -0.0248. The first kappa shape index (κ1) is 21.8. The molecule has 4 rings (SSSR count). The van der Waals surface area contributed by atoms with Crippen LogP contribution in [0.3, 0.4) is 0 Å². The molecule has 1 fully saturated rings. The van der Waals surface area contributed by atoms with Crippen LogP contribution in [0.25, 0.3) is 0 Å². The van der Waals surface area contributed by atoms with Crippen LogP contribution in [0.4, 0.5) is 0 Å². The Morgan fingerprint density at radius 2 is 1.84 bits per heavy atom. The van der Waals surface area contributed by atoms with E-state index in [0.717, 1.165) is 19.7 Å². The Morgan fingerprint density at radius 1 is 1.06 bits per heavy atom. The molecule has 0 bridgehead atoms. The van der Waals surface area contributed by atoms with Crippen LogP contribution in [0, 0.1) is 0 Å². The third kappa shape index (κ3) is 5.08. The zero-order valence-corrected chi connectivity index (χ0v) is 19.0. The Kier molecular flexibility index (Phi) is 6.89. The molecular formula is C23H23IN2O5. The molecule has 7 nitrogen and oxygen atoms in total. The molecule has 2 aromatic carbocycles. The van der Waals surface area contributed by atoms with Crippen molar-refractivity contribution in [3.63, 3.8) is 0 Å². The van der Waals surface area contributed by atoms with Gasteiger partial charge in [0, 0.05) is 18.2 Å². The molecular weight excluding hydrogens is 511 g/mol. The van der Waals surface area contributed by atoms with E-state index in [9.17, 15) is 14.7 Å².